The molecule has 1 atom stereocenters. The van der Waals surface area contributed by atoms with Crippen molar-refractivity contribution in [2.75, 3.05) is 18.6 Å². The Balaban J connectivity index is 1.99. The van der Waals surface area contributed by atoms with Crippen LogP contribution >= 0.6 is 0 Å². The Bertz CT molecular complexity index is 1390. The Hall–Kier alpha value is -4.06. The molecule has 1 aliphatic heterocycles. The molecular formula is C31H33NO5. The summed E-state index contributed by atoms with van der Waals surface area (Å²) < 4.78 is 11.4. The minimum absolute atomic E-state index is 0.0216. The van der Waals surface area contributed by atoms with Gasteiger partial charge in [-0.15, -0.1) is 0 Å². The summed E-state index contributed by atoms with van der Waals surface area (Å²) in [5, 5.41) is 11.6. The number of para-hydroxylation sites is 1. The van der Waals surface area contributed by atoms with E-state index in [0.29, 0.717) is 29.2 Å². The number of aliphatic hydroxyl groups excluding tert-OH is 1. The second-order valence-electron chi connectivity index (χ2n) is 9.54. The quantitative estimate of drug-likeness (QED) is 0.229. The lowest BCUT2D eigenvalue weighted by Crippen LogP contribution is -2.30. The van der Waals surface area contributed by atoms with Gasteiger partial charge in [0.2, 0.25) is 0 Å². The van der Waals surface area contributed by atoms with Gasteiger partial charge in [-0.05, 0) is 68.1 Å². The van der Waals surface area contributed by atoms with E-state index in [1.54, 1.807) is 25.3 Å². The van der Waals surface area contributed by atoms with Crippen LogP contribution in [0.5, 0.6) is 11.5 Å². The predicted molar refractivity (Wildman–Crippen MR) is 145 cm³/mol. The van der Waals surface area contributed by atoms with Crippen LogP contribution in [0, 0.1) is 13.8 Å². The number of carbonyl (C=O) groups excluding carboxylic acids is 2. The van der Waals surface area contributed by atoms with Crippen LogP contribution in [0.1, 0.15) is 60.5 Å². The molecular weight excluding hydrogens is 466 g/mol. The first kappa shape index (κ1) is 26.0. The number of Topliss-reactive ketones (excluding diaryl/α,β-unsaturated/α-hetero) is 1. The highest BCUT2D eigenvalue weighted by Gasteiger charge is 2.48. The minimum Gasteiger partial charge on any atom is -0.507 e. The summed E-state index contributed by atoms with van der Waals surface area (Å²) in [7, 11) is 1.55. The molecule has 37 heavy (non-hydrogen) atoms. The van der Waals surface area contributed by atoms with Crippen molar-refractivity contribution >= 4 is 23.1 Å². The van der Waals surface area contributed by atoms with Gasteiger partial charge in [0.05, 0.1) is 25.3 Å². The van der Waals surface area contributed by atoms with Gasteiger partial charge in [-0.2, -0.15) is 0 Å². The second kappa shape index (κ2) is 10.5. The van der Waals surface area contributed by atoms with Crippen molar-refractivity contribution < 1.29 is 24.2 Å². The van der Waals surface area contributed by atoms with Crippen LogP contribution in [0.15, 0.2) is 66.2 Å². The maximum absolute atomic E-state index is 13.6. The number of ketones is 1. The van der Waals surface area contributed by atoms with Crippen LogP contribution in [0.4, 0.5) is 5.69 Å². The fourth-order valence-electron chi connectivity index (χ4n) is 4.93. The number of rotatable bonds is 7. The highest BCUT2D eigenvalue weighted by atomic mass is 16.5. The zero-order valence-electron chi connectivity index (χ0n) is 22.2. The molecule has 1 fully saturated rings. The summed E-state index contributed by atoms with van der Waals surface area (Å²) in [5.41, 5.74) is 4.49. The van der Waals surface area contributed by atoms with Crippen LogP contribution in [-0.4, -0.2) is 30.5 Å². The molecule has 192 valence electrons. The van der Waals surface area contributed by atoms with Gasteiger partial charge in [0.25, 0.3) is 11.7 Å². The van der Waals surface area contributed by atoms with Gasteiger partial charge in [-0.25, -0.2) is 0 Å². The normalized spacial score (nSPS) is 16.9. The molecule has 0 aliphatic carbocycles. The smallest absolute Gasteiger partial charge is 0.300 e. The van der Waals surface area contributed by atoms with Gasteiger partial charge < -0.3 is 14.6 Å². The van der Waals surface area contributed by atoms with Crippen molar-refractivity contribution in [1.82, 2.24) is 0 Å². The largest absolute Gasteiger partial charge is 0.507 e. The summed E-state index contributed by atoms with van der Waals surface area (Å²) in [5.74, 6) is -0.299. The van der Waals surface area contributed by atoms with Crippen molar-refractivity contribution in [2.45, 2.75) is 46.6 Å². The number of benzene rings is 3. The third-order valence-electron chi connectivity index (χ3n) is 6.69. The molecule has 0 radical (unpaired) electrons. The maximum Gasteiger partial charge on any atom is 0.300 e. The number of anilines is 1. The molecule has 1 amide bonds. The number of hydrogen-bond donors (Lipinski definition) is 1. The van der Waals surface area contributed by atoms with Crippen molar-refractivity contribution in [3.8, 4) is 11.5 Å². The fourth-order valence-corrected chi connectivity index (χ4v) is 4.93. The first-order chi connectivity index (χ1) is 17.7. The SMILES string of the molecule is CCOc1ccc(/C(O)=C2\C(=O)C(=O)N(c3ccc(C)cc3C)C2c2ccccc2OC)cc1C(C)C. The Morgan fingerprint density at radius 3 is 2.38 bits per heavy atom. The first-order valence-electron chi connectivity index (χ1n) is 12.5. The molecule has 1 N–H and O–H groups in total. The van der Waals surface area contributed by atoms with E-state index in [0.717, 1.165) is 22.4 Å². The Labute approximate surface area is 218 Å². The third kappa shape index (κ3) is 4.71. The molecule has 4 rings (SSSR count). The van der Waals surface area contributed by atoms with E-state index in [2.05, 4.69) is 0 Å². The lowest BCUT2D eigenvalue weighted by molar-refractivity contribution is -0.132. The molecule has 3 aromatic carbocycles. The van der Waals surface area contributed by atoms with Crippen molar-refractivity contribution in [3.05, 3.63) is 94.1 Å². The van der Waals surface area contributed by atoms with Gasteiger partial charge in [0.1, 0.15) is 17.3 Å². The number of hydrogen-bond acceptors (Lipinski definition) is 5. The number of aliphatic hydroxyl groups is 1. The monoisotopic (exact) mass is 499 g/mol. The number of carbonyl (C=O) groups is 2. The van der Waals surface area contributed by atoms with Crippen molar-refractivity contribution in [3.63, 3.8) is 0 Å². The Morgan fingerprint density at radius 2 is 1.73 bits per heavy atom. The number of methoxy groups -OCH3 is 1. The van der Waals surface area contributed by atoms with E-state index in [-0.39, 0.29) is 17.3 Å². The summed E-state index contributed by atoms with van der Waals surface area (Å²) in [6.45, 7) is 10.4. The molecule has 6 nitrogen and oxygen atoms in total. The molecule has 3 aromatic rings. The average Bonchev–Trinajstić information content (AvgIpc) is 3.14. The number of aryl methyl sites for hydroxylation is 2. The standard InChI is InChI=1S/C31H33NO5/c1-7-37-26-15-13-21(17-23(26)18(2)3)29(33)27-28(22-10-8-9-11-25(22)36-6)32(31(35)30(27)34)24-14-12-19(4)16-20(24)5/h8-18,28,33H,7H2,1-6H3/b29-27+. The molecule has 1 saturated heterocycles. The highest BCUT2D eigenvalue weighted by molar-refractivity contribution is 6.51. The zero-order chi connectivity index (χ0) is 26.9. The molecule has 6 heteroatoms. The summed E-state index contributed by atoms with van der Waals surface area (Å²) in [6.07, 6.45) is 0. The van der Waals surface area contributed by atoms with E-state index >= 15 is 0 Å². The summed E-state index contributed by atoms with van der Waals surface area (Å²) in [4.78, 5) is 28.6. The van der Waals surface area contributed by atoms with Crippen LogP contribution < -0.4 is 14.4 Å². The van der Waals surface area contributed by atoms with Crippen molar-refractivity contribution in [2.24, 2.45) is 0 Å². The number of nitrogens with zero attached hydrogens (tertiary/aromatic N) is 1. The maximum atomic E-state index is 13.6. The molecule has 0 bridgehead atoms. The van der Waals surface area contributed by atoms with Crippen LogP contribution in [-0.2, 0) is 9.59 Å². The topological polar surface area (TPSA) is 76.1 Å². The average molecular weight is 500 g/mol. The first-order valence-corrected chi connectivity index (χ1v) is 12.5. The van der Waals surface area contributed by atoms with E-state index in [9.17, 15) is 14.7 Å². The summed E-state index contributed by atoms with van der Waals surface area (Å²) >= 11 is 0. The summed E-state index contributed by atoms with van der Waals surface area (Å²) in [6, 6.07) is 17.4. The molecule has 0 aromatic heterocycles. The molecule has 0 saturated carbocycles. The van der Waals surface area contributed by atoms with Gasteiger partial charge in [-0.1, -0.05) is 49.7 Å². The van der Waals surface area contributed by atoms with Gasteiger partial charge >= 0.3 is 0 Å². The van der Waals surface area contributed by atoms with E-state index in [1.807, 2.05) is 77.1 Å². The van der Waals surface area contributed by atoms with E-state index in [1.165, 1.54) is 4.90 Å². The highest BCUT2D eigenvalue weighted by Crippen LogP contribution is 2.46. The van der Waals surface area contributed by atoms with Gasteiger partial charge in [-0.3, -0.25) is 14.5 Å². The third-order valence-corrected chi connectivity index (χ3v) is 6.69. The Morgan fingerprint density at radius 1 is 1.00 bits per heavy atom. The second-order valence-corrected chi connectivity index (χ2v) is 9.54. The minimum atomic E-state index is -0.869. The van der Waals surface area contributed by atoms with Crippen LogP contribution in [0.2, 0.25) is 0 Å². The molecule has 0 spiro atoms. The lowest BCUT2D eigenvalue weighted by Gasteiger charge is -2.28. The van der Waals surface area contributed by atoms with Gasteiger partial charge in [0, 0.05) is 16.8 Å². The van der Waals surface area contributed by atoms with E-state index in [4.69, 9.17) is 9.47 Å². The van der Waals surface area contributed by atoms with Gasteiger partial charge in [0.15, 0.2) is 0 Å². The predicted octanol–water partition coefficient (Wildman–Crippen LogP) is 6.46. The molecule has 1 heterocycles. The van der Waals surface area contributed by atoms with Crippen LogP contribution in [0.3, 0.4) is 0 Å². The fraction of sp³-hybridized carbons (Fsp3) is 0.290. The number of ether oxygens (including phenoxy) is 2. The van der Waals surface area contributed by atoms with Crippen molar-refractivity contribution in [1.29, 1.82) is 0 Å². The molecule has 1 aliphatic rings. The zero-order valence-corrected chi connectivity index (χ0v) is 22.2. The molecule has 1 unspecified atom stereocenters. The number of amides is 1. The lowest BCUT2D eigenvalue weighted by atomic mass is 9.92. The van der Waals surface area contributed by atoms with Crippen LogP contribution in [0.25, 0.3) is 5.76 Å². The van der Waals surface area contributed by atoms with E-state index < -0.39 is 17.7 Å². The Kier molecular flexibility index (Phi) is 7.39.